The van der Waals surface area contributed by atoms with Gasteiger partial charge in [0.25, 0.3) is 0 Å². The molecule has 0 fully saturated rings. The lowest BCUT2D eigenvalue weighted by Gasteiger charge is -2.10. The van der Waals surface area contributed by atoms with Gasteiger partial charge in [-0.15, -0.1) is 11.3 Å². The SMILES string of the molecule is c1ccc(-c2ccc3oc4ncc(-n5c6ccccc6c6cc(-n7c8ccccc8c8ccccc87)ccc65)cc4c3c2)cc1.c1ccc(-c2ccc3sc4ncc(-n5c6ccccc6c6cc(-n7c8ccccc8c8ccccc87)ccc65)cc4c3c2)cc1. The molecule has 8 heteroatoms. The van der Waals surface area contributed by atoms with Gasteiger partial charge in [0, 0.05) is 75.3 Å². The molecule has 20 aromatic rings. The van der Waals surface area contributed by atoms with E-state index in [9.17, 15) is 0 Å². The third-order valence-electron chi connectivity index (χ3n) is 18.3. The lowest BCUT2D eigenvalue weighted by atomic mass is 10.0. The second-order valence-electron chi connectivity index (χ2n) is 23.3. The Hall–Kier alpha value is -11.8. The first-order valence-electron chi connectivity index (χ1n) is 30.4. The molecule has 20 rings (SSSR count). The highest BCUT2D eigenvalue weighted by Crippen LogP contribution is 2.43. The summed E-state index contributed by atoms with van der Waals surface area (Å²) in [5.41, 5.74) is 20.1. The van der Waals surface area contributed by atoms with Crippen molar-refractivity contribution in [1.29, 1.82) is 0 Å². The number of nitrogens with zero attached hydrogens (tertiary/aromatic N) is 6. The third kappa shape index (κ3) is 7.71. The second-order valence-corrected chi connectivity index (χ2v) is 24.3. The Morgan fingerprint density at radius 2 is 0.611 bits per heavy atom. The zero-order valence-corrected chi connectivity index (χ0v) is 49.2. The highest BCUT2D eigenvalue weighted by Gasteiger charge is 2.21. The molecule has 8 heterocycles. The zero-order valence-electron chi connectivity index (χ0n) is 48.4. The average molecular weight is 1170 g/mol. The molecule has 0 spiro atoms. The Morgan fingerprint density at radius 1 is 0.244 bits per heavy atom. The van der Waals surface area contributed by atoms with Crippen molar-refractivity contribution >= 4 is 141 Å². The van der Waals surface area contributed by atoms with Gasteiger partial charge in [-0.3, -0.25) is 0 Å². The summed E-state index contributed by atoms with van der Waals surface area (Å²) in [5.74, 6) is 0. The van der Waals surface area contributed by atoms with Gasteiger partial charge >= 0.3 is 0 Å². The molecule has 0 bridgehead atoms. The monoisotopic (exact) mass is 1170 g/mol. The van der Waals surface area contributed by atoms with Crippen molar-refractivity contribution in [3.63, 3.8) is 0 Å². The molecule has 0 atom stereocenters. The highest BCUT2D eigenvalue weighted by molar-refractivity contribution is 7.25. The Bertz CT molecular complexity index is 5810. The molecule has 420 valence electrons. The molecule has 0 aliphatic heterocycles. The van der Waals surface area contributed by atoms with Crippen LogP contribution in [0.1, 0.15) is 0 Å². The number of para-hydroxylation sites is 6. The number of fused-ring (bicyclic) bond motifs is 18. The fourth-order valence-electron chi connectivity index (χ4n) is 14.3. The van der Waals surface area contributed by atoms with Crippen molar-refractivity contribution in [2.75, 3.05) is 0 Å². The minimum atomic E-state index is 0.647. The first-order chi connectivity index (χ1) is 44.6. The maximum atomic E-state index is 6.19. The van der Waals surface area contributed by atoms with Crippen LogP contribution >= 0.6 is 11.3 Å². The lowest BCUT2D eigenvalue weighted by molar-refractivity contribution is 0.654. The minimum absolute atomic E-state index is 0.647. The smallest absolute Gasteiger partial charge is 0.227 e. The summed E-state index contributed by atoms with van der Waals surface area (Å²) in [6.07, 6.45) is 3.96. The number of benzene rings is 12. The number of furan rings is 1. The second kappa shape index (κ2) is 19.8. The molecule has 0 unspecified atom stereocenters. The van der Waals surface area contributed by atoms with Gasteiger partial charge in [-0.2, -0.15) is 0 Å². The Morgan fingerprint density at radius 3 is 1.09 bits per heavy atom. The summed E-state index contributed by atoms with van der Waals surface area (Å²) < 4.78 is 16.9. The molecular formula is C82H50N6OS. The third-order valence-corrected chi connectivity index (χ3v) is 19.4. The summed E-state index contributed by atoms with van der Waals surface area (Å²) in [5, 5.41) is 14.5. The van der Waals surface area contributed by atoms with Gasteiger partial charge in [-0.25, -0.2) is 9.97 Å². The molecule has 12 aromatic carbocycles. The fourth-order valence-corrected chi connectivity index (χ4v) is 15.3. The van der Waals surface area contributed by atoms with Crippen molar-refractivity contribution in [2.24, 2.45) is 0 Å². The highest BCUT2D eigenvalue weighted by atomic mass is 32.1. The lowest BCUT2D eigenvalue weighted by Crippen LogP contribution is -1.96. The average Bonchev–Trinajstić information content (AvgIpc) is 1.68. The van der Waals surface area contributed by atoms with Crippen LogP contribution in [0, 0.1) is 0 Å². The molecule has 8 aromatic heterocycles. The van der Waals surface area contributed by atoms with E-state index in [4.69, 9.17) is 14.4 Å². The van der Waals surface area contributed by atoms with Gasteiger partial charge in [0.1, 0.15) is 10.4 Å². The Balaban J connectivity index is 0.000000130. The van der Waals surface area contributed by atoms with Crippen molar-refractivity contribution < 1.29 is 4.42 Å². The standard InChI is InChI=1S/C41H25N3O.C41H25N3S/c2*1-2-10-26(11-3-1)27-18-21-40-34(22-27)35-24-29(25-42-41(35)45-40)44-38-17-9-6-14-32(38)33-23-28(19-20-39(33)44)43-36-15-7-4-12-30(36)31-13-5-8-16-37(31)43/h2*1-25H. The molecule has 0 saturated carbocycles. The van der Waals surface area contributed by atoms with Crippen molar-refractivity contribution in [3.8, 4) is 45.0 Å². The van der Waals surface area contributed by atoms with Gasteiger partial charge in [-0.1, -0.05) is 182 Å². The molecule has 0 N–H and O–H groups in total. The zero-order chi connectivity index (χ0) is 59.0. The Labute approximate surface area is 519 Å². The maximum Gasteiger partial charge on any atom is 0.227 e. The number of hydrogen-bond acceptors (Lipinski definition) is 4. The summed E-state index contributed by atoms with van der Waals surface area (Å²) >= 11 is 1.76. The molecule has 0 radical (unpaired) electrons. The van der Waals surface area contributed by atoms with Crippen LogP contribution < -0.4 is 0 Å². The molecule has 0 aliphatic rings. The van der Waals surface area contributed by atoms with Crippen LogP contribution in [0.15, 0.2) is 308 Å². The summed E-state index contributed by atoms with van der Waals surface area (Å²) in [7, 11) is 0. The van der Waals surface area contributed by atoms with E-state index in [0.717, 1.165) is 60.5 Å². The molecule has 90 heavy (non-hydrogen) atoms. The van der Waals surface area contributed by atoms with Gasteiger partial charge in [0.2, 0.25) is 5.71 Å². The molecule has 0 amide bonds. The maximum absolute atomic E-state index is 6.19. The van der Waals surface area contributed by atoms with Crippen molar-refractivity contribution in [2.45, 2.75) is 0 Å². The van der Waals surface area contributed by atoms with Crippen LogP contribution in [-0.4, -0.2) is 28.2 Å². The molecule has 0 aliphatic carbocycles. The topological polar surface area (TPSA) is 58.6 Å². The largest absolute Gasteiger partial charge is 0.438 e. The van der Waals surface area contributed by atoms with Crippen LogP contribution in [0.3, 0.4) is 0 Å². The van der Waals surface area contributed by atoms with E-state index in [2.05, 4.69) is 303 Å². The van der Waals surface area contributed by atoms with Gasteiger partial charge in [-0.05, 0) is 131 Å². The molecular weight excluding hydrogens is 1120 g/mol. The molecule has 0 saturated heterocycles. The summed E-state index contributed by atoms with van der Waals surface area (Å²) in [6.45, 7) is 0. The number of aromatic nitrogens is 6. The predicted molar refractivity (Wildman–Crippen MR) is 377 cm³/mol. The first kappa shape index (κ1) is 50.3. The van der Waals surface area contributed by atoms with Crippen LogP contribution in [0.5, 0.6) is 0 Å². The number of pyridine rings is 2. The van der Waals surface area contributed by atoms with E-state index in [1.807, 2.05) is 18.5 Å². The minimum Gasteiger partial charge on any atom is -0.438 e. The Kier molecular flexibility index (Phi) is 11.1. The predicted octanol–water partition coefficient (Wildman–Crippen LogP) is 22.2. The van der Waals surface area contributed by atoms with Gasteiger partial charge in [0.05, 0.1) is 73.3 Å². The quantitative estimate of drug-likeness (QED) is 0.167. The number of thiophene rings is 1. The van der Waals surface area contributed by atoms with E-state index in [-0.39, 0.29) is 0 Å². The number of rotatable bonds is 6. The van der Waals surface area contributed by atoms with Crippen LogP contribution in [0.4, 0.5) is 0 Å². The number of hydrogen-bond donors (Lipinski definition) is 0. The van der Waals surface area contributed by atoms with E-state index in [1.165, 1.54) is 108 Å². The van der Waals surface area contributed by atoms with Crippen molar-refractivity contribution in [1.82, 2.24) is 28.2 Å². The normalized spacial score (nSPS) is 12.0. The molecule has 7 nitrogen and oxygen atoms in total. The van der Waals surface area contributed by atoms with E-state index < -0.39 is 0 Å². The van der Waals surface area contributed by atoms with Crippen LogP contribution in [0.2, 0.25) is 0 Å². The summed E-state index contributed by atoms with van der Waals surface area (Å²) in [4.78, 5) is 10.9. The van der Waals surface area contributed by atoms with Gasteiger partial charge in [0.15, 0.2) is 0 Å². The van der Waals surface area contributed by atoms with E-state index in [0.29, 0.717) is 5.71 Å². The fraction of sp³-hybridized carbons (Fsp3) is 0. The van der Waals surface area contributed by atoms with Crippen LogP contribution in [0.25, 0.3) is 175 Å². The summed E-state index contributed by atoms with van der Waals surface area (Å²) in [6, 6.07) is 105. The van der Waals surface area contributed by atoms with E-state index in [1.54, 1.807) is 11.3 Å². The van der Waals surface area contributed by atoms with Crippen molar-refractivity contribution in [3.05, 3.63) is 304 Å². The first-order valence-corrected chi connectivity index (χ1v) is 31.2. The van der Waals surface area contributed by atoms with Crippen LogP contribution in [-0.2, 0) is 0 Å². The van der Waals surface area contributed by atoms with Gasteiger partial charge < -0.3 is 22.7 Å². The van der Waals surface area contributed by atoms with E-state index >= 15 is 0 Å².